The summed E-state index contributed by atoms with van der Waals surface area (Å²) in [5.41, 5.74) is 4.03. The Morgan fingerprint density at radius 1 is 0.926 bits per heavy atom. The maximum atomic E-state index is 12.1. The summed E-state index contributed by atoms with van der Waals surface area (Å²) in [5, 5.41) is 3.98. The fourth-order valence-electron chi connectivity index (χ4n) is 2.72. The van der Waals surface area contributed by atoms with Gasteiger partial charge in [-0.3, -0.25) is 4.79 Å². The van der Waals surface area contributed by atoms with Crippen molar-refractivity contribution >= 4 is 12.1 Å². The van der Waals surface area contributed by atoms with Gasteiger partial charge < -0.3 is 4.74 Å². The zero-order valence-electron chi connectivity index (χ0n) is 16.2. The van der Waals surface area contributed by atoms with Crippen molar-refractivity contribution < 1.29 is 9.53 Å². The van der Waals surface area contributed by atoms with Gasteiger partial charge in [-0.05, 0) is 36.2 Å². The highest BCUT2D eigenvalue weighted by Gasteiger charge is 2.04. The van der Waals surface area contributed by atoms with E-state index >= 15 is 0 Å². The van der Waals surface area contributed by atoms with E-state index in [-0.39, 0.29) is 5.91 Å². The first-order valence-electron chi connectivity index (χ1n) is 9.91. The van der Waals surface area contributed by atoms with Crippen molar-refractivity contribution in [2.45, 2.75) is 51.9 Å². The quantitative estimate of drug-likeness (QED) is 0.303. The van der Waals surface area contributed by atoms with E-state index in [1.807, 2.05) is 42.5 Å². The predicted octanol–water partition coefficient (Wildman–Crippen LogP) is 5.58. The molecule has 0 bridgehead atoms. The first-order valence-corrected chi connectivity index (χ1v) is 9.91. The number of ether oxygens (including phenoxy) is 1. The van der Waals surface area contributed by atoms with Crippen LogP contribution in [0.2, 0.25) is 0 Å². The summed E-state index contributed by atoms with van der Waals surface area (Å²) < 4.78 is 5.75. The lowest BCUT2D eigenvalue weighted by molar-refractivity contribution is 0.0955. The van der Waals surface area contributed by atoms with Crippen LogP contribution in [-0.2, 0) is 0 Å². The van der Waals surface area contributed by atoms with Crippen LogP contribution in [-0.4, -0.2) is 18.7 Å². The fourth-order valence-corrected chi connectivity index (χ4v) is 2.72. The van der Waals surface area contributed by atoms with E-state index in [1.54, 1.807) is 18.3 Å². The van der Waals surface area contributed by atoms with E-state index in [0.29, 0.717) is 5.56 Å². The third-order valence-electron chi connectivity index (χ3n) is 4.31. The molecular weight excluding hydrogens is 336 g/mol. The second-order valence-electron chi connectivity index (χ2n) is 6.60. The van der Waals surface area contributed by atoms with Gasteiger partial charge in [-0.1, -0.05) is 75.8 Å². The molecule has 2 rings (SSSR count). The van der Waals surface area contributed by atoms with E-state index in [2.05, 4.69) is 17.5 Å². The average molecular weight is 367 g/mol. The molecular formula is C23H30N2O2. The molecule has 0 unspecified atom stereocenters. The fraction of sp³-hybridized carbons (Fsp3) is 0.391. The Kier molecular flexibility index (Phi) is 9.72. The van der Waals surface area contributed by atoms with Crippen molar-refractivity contribution in [3.63, 3.8) is 0 Å². The van der Waals surface area contributed by atoms with Crippen LogP contribution < -0.4 is 10.2 Å². The average Bonchev–Trinajstić information content (AvgIpc) is 2.71. The molecule has 4 heteroatoms. The topological polar surface area (TPSA) is 50.7 Å². The highest BCUT2D eigenvalue weighted by Crippen LogP contribution is 2.13. The molecule has 2 aromatic rings. The summed E-state index contributed by atoms with van der Waals surface area (Å²) in [6, 6.07) is 16.8. The van der Waals surface area contributed by atoms with E-state index in [4.69, 9.17) is 4.74 Å². The van der Waals surface area contributed by atoms with Gasteiger partial charge in [0.2, 0.25) is 0 Å². The zero-order chi connectivity index (χ0) is 19.2. The Morgan fingerprint density at radius 3 is 2.30 bits per heavy atom. The summed E-state index contributed by atoms with van der Waals surface area (Å²) in [6.07, 6.45) is 10.5. The minimum atomic E-state index is -0.235. The van der Waals surface area contributed by atoms with Crippen molar-refractivity contribution in [1.29, 1.82) is 0 Å². The second-order valence-corrected chi connectivity index (χ2v) is 6.60. The van der Waals surface area contributed by atoms with Crippen LogP contribution in [0.5, 0.6) is 5.75 Å². The third-order valence-corrected chi connectivity index (χ3v) is 4.31. The van der Waals surface area contributed by atoms with Crippen LogP contribution in [0.3, 0.4) is 0 Å². The van der Waals surface area contributed by atoms with Crippen LogP contribution in [0.4, 0.5) is 0 Å². The summed E-state index contributed by atoms with van der Waals surface area (Å²) in [4.78, 5) is 12.1. The van der Waals surface area contributed by atoms with Crippen LogP contribution >= 0.6 is 0 Å². The number of unbranched alkanes of at least 4 members (excludes halogenated alkanes) is 6. The number of benzene rings is 2. The van der Waals surface area contributed by atoms with Crippen LogP contribution in [0, 0.1) is 0 Å². The van der Waals surface area contributed by atoms with Crippen molar-refractivity contribution in [1.82, 2.24) is 5.43 Å². The minimum Gasteiger partial charge on any atom is -0.494 e. The molecule has 0 saturated carbocycles. The molecule has 0 heterocycles. The number of nitrogens with one attached hydrogen (secondary N) is 1. The molecule has 144 valence electrons. The van der Waals surface area contributed by atoms with Gasteiger partial charge in [-0.25, -0.2) is 5.43 Å². The minimum absolute atomic E-state index is 0.235. The predicted molar refractivity (Wildman–Crippen MR) is 111 cm³/mol. The maximum absolute atomic E-state index is 12.1. The van der Waals surface area contributed by atoms with E-state index in [1.165, 1.54) is 38.5 Å². The number of amides is 1. The molecule has 0 spiro atoms. The Balaban J connectivity index is 1.65. The maximum Gasteiger partial charge on any atom is 0.271 e. The number of carbonyl (C=O) groups is 1. The lowest BCUT2D eigenvalue weighted by Gasteiger charge is -2.07. The van der Waals surface area contributed by atoms with Crippen LogP contribution in [0.25, 0.3) is 0 Å². The number of hydrogen-bond donors (Lipinski definition) is 1. The van der Waals surface area contributed by atoms with Crippen molar-refractivity contribution in [3.8, 4) is 5.75 Å². The third kappa shape index (κ3) is 8.54. The van der Waals surface area contributed by atoms with Gasteiger partial charge in [-0.2, -0.15) is 5.10 Å². The second kappa shape index (κ2) is 12.7. The number of rotatable bonds is 12. The molecule has 0 atom stereocenters. The summed E-state index contributed by atoms with van der Waals surface area (Å²) in [7, 11) is 0. The Morgan fingerprint density at radius 2 is 1.59 bits per heavy atom. The highest BCUT2D eigenvalue weighted by molar-refractivity contribution is 5.94. The highest BCUT2D eigenvalue weighted by atomic mass is 16.5. The smallest absolute Gasteiger partial charge is 0.271 e. The number of hydrogen-bond acceptors (Lipinski definition) is 3. The normalized spacial score (nSPS) is 10.9. The standard InChI is InChI=1S/C23H30N2O2/c1-2-3-4-5-6-7-11-18-27-22-16-14-21(15-17-22)23(26)25-24-19-20-12-9-8-10-13-20/h8-10,12-17,19H,2-7,11,18H2,1H3,(H,25,26)/b24-19-. The molecule has 27 heavy (non-hydrogen) atoms. The molecule has 0 radical (unpaired) electrons. The van der Waals surface area contributed by atoms with Crippen molar-refractivity contribution in [2.24, 2.45) is 5.10 Å². The largest absolute Gasteiger partial charge is 0.494 e. The van der Waals surface area contributed by atoms with Gasteiger partial charge in [0.05, 0.1) is 12.8 Å². The van der Waals surface area contributed by atoms with Gasteiger partial charge in [0.15, 0.2) is 0 Å². The summed E-state index contributed by atoms with van der Waals surface area (Å²) >= 11 is 0. The summed E-state index contributed by atoms with van der Waals surface area (Å²) in [6.45, 7) is 2.96. The van der Waals surface area contributed by atoms with E-state index in [9.17, 15) is 4.79 Å². The summed E-state index contributed by atoms with van der Waals surface area (Å²) in [5.74, 6) is 0.561. The molecule has 0 aliphatic rings. The lowest BCUT2D eigenvalue weighted by Crippen LogP contribution is -2.17. The van der Waals surface area contributed by atoms with Crippen LogP contribution in [0.15, 0.2) is 59.7 Å². The first kappa shape index (κ1) is 20.7. The number of hydrazone groups is 1. The molecule has 1 amide bonds. The SMILES string of the molecule is CCCCCCCCCOc1ccc(C(=O)N/N=C\c2ccccc2)cc1. The Bertz CT molecular complexity index is 681. The molecule has 0 aliphatic heterocycles. The molecule has 0 aliphatic carbocycles. The van der Waals surface area contributed by atoms with Crippen molar-refractivity contribution in [3.05, 3.63) is 65.7 Å². The Labute approximate surface area is 162 Å². The number of nitrogens with zero attached hydrogens (tertiary/aromatic N) is 1. The van der Waals surface area contributed by atoms with E-state index in [0.717, 1.165) is 24.3 Å². The number of carbonyl (C=O) groups excluding carboxylic acids is 1. The first-order chi connectivity index (χ1) is 13.3. The molecule has 2 aromatic carbocycles. The van der Waals surface area contributed by atoms with Gasteiger partial charge in [0.1, 0.15) is 5.75 Å². The molecule has 0 saturated heterocycles. The van der Waals surface area contributed by atoms with Gasteiger partial charge >= 0.3 is 0 Å². The monoisotopic (exact) mass is 366 g/mol. The van der Waals surface area contributed by atoms with Gasteiger partial charge in [0.25, 0.3) is 5.91 Å². The lowest BCUT2D eigenvalue weighted by atomic mass is 10.1. The van der Waals surface area contributed by atoms with Gasteiger partial charge in [0, 0.05) is 5.56 Å². The van der Waals surface area contributed by atoms with Crippen molar-refractivity contribution in [2.75, 3.05) is 6.61 Å². The molecule has 0 fully saturated rings. The zero-order valence-corrected chi connectivity index (χ0v) is 16.2. The Hall–Kier alpha value is -2.62. The van der Waals surface area contributed by atoms with Gasteiger partial charge in [-0.15, -0.1) is 0 Å². The molecule has 0 aromatic heterocycles. The molecule has 4 nitrogen and oxygen atoms in total. The van der Waals surface area contributed by atoms with Crippen LogP contribution in [0.1, 0.15) is 67.8 Å². The molecule has 1 N–H and O–H groups in total. The van der Waals surface area contributed by atoms with E-state index < -0.39 is 0 Å².